The molecule has 0 amide bonds. The van der Waals surface area contributed by atoms with E-state index in [2.05, 4.69) is 28.8 Å². The SMILES string of the molecule is C#C/C=C/C[C@@H](O)[C@H](Cl)C/C=C\C[C@H](Cl)[C@@H](Br)CC. The van der Waals surface area contributed by atoms with E-state index in [1.54, 1.807) is 12.2 Å². The molecule has 0 heterocycles. The van der Waals surface area contributed by atoms with Gasteiger partial charge in [-0.1, -0.05) is 47.0 Å². The van der Waals surface area contributed by atoms with Crippen LogP contribution >= 0.6 is 39.1 Å². The fourth-order valence-corrected chi connectivity index (χ4v) is 2.14. The van der Waals surface area contributed by atoms with Crippen molar-refractivity contribution in [1.29, 1.82) is 0 Å². The second kappa shape index (κ2) is 11.9. The first kappa shape index (κ1) is 19.1. The normalized spacial score (nSPS) is 18.3. The van der Waals surface area contributed by atoms with Gasteiger partial charge in [-0.3, -0.25) is 0 Å². The Morgan fingerprint density at radius 3 is 2.26 bits per heavy atom. The largest absolute Gasteiger partial charge is 0.391 e. The molecule has 19 heavy (non-hydrogen) atoms. The molecule has 0 aromatic rings. The summed E-state index contributed by atoms with van der Waals surface area (Å²) >= 11 is 15.8. The Labute approximate surface area is 135 Å². The van der Waals surface area contributed by atoms with Crippen LogP contribution in [-0.2, 0) is 0 Å². The number of aliphatic hydroxyl groups excluding tert-OH is 1. The molecule has 108 valence electrons. The highest BCUT2D eigenvalue weighted by Crippen LogP contribution is 2.19. The number of rotatable bonds is 9. The smallest absolute Gasteiger partial charge is 0.0741 e. The van der Waals surface area contributed by atoms with Crippen LogP contribution in [0.25, 0.3) is 0 Å². The van der Waals surface area contributed by atoms with Crippen molar-refractivity contribution in [2.75, 3.05) is 0 Å². The predicted molar refractivity (Wildman–Crippen MR) is 89.3 cm³/mol. The van der Waals surface area contributed by atoms with Gasteiger partial charge in [-0.2, -0.15) is 0 Å². The van der Waals surface area contributed by atoms with Crippen molar-refractivity contribution < 1.29 is 5.11 Å². The maximum absolute atomic E-state index is 9.76. The quantitative estimate of drug-likeness (QED) is 0.357. The molecule has 4 heteroatoms. The highest BCUT2D eigenvalue weighted by Gasteiger charge is 2.14. The molecule has 0 bridgehead atoms. The molecule has 4 atom stereocenters. The van der Waals surface area contributed by atoms with Crippen LogP contribution < -0.4 is 0 Å². The first-order chi connectivity index (χ1) is 9.02. The molecule has 1 nitrogen and oxygen atoms in total. The van der Waals surface area contributed by atoms with E-state index in [1.807, 2.05) is 12.2 Å². The van der Waals surface area contributed by atoms with E-state index >= 15 is 0 Å². The van der Waals surface area contributed by atoms with Crippen molar-refractivity contribution in [3.8, 4) is 12.3 Å². The maximum atomic E-state index is 9.76. The summed E-state index contributed by atoms with van der Waals surface area (Å²) in [6.45, 7) is 2.09. The molecule has 0 fully saturated rings. The summed E-state index contributed by atoms with van der Waals surface area (Å²) in [5.74, 6) is 2.37. The average Bonchev–Trinajstić information content (AvgIpc) is 2.42. The first-order valence-corrected chi connectivity index (χ1v) is 8.18. The zero-order valence-corrected chi connectivity index (χ0v) is 14.2. The third-order valence-electron chi connectivity index (χ3n) is 2.68. The van der Waals surface area contributed by atoms with Crippen LogP contribution in [-0.4, -0.2) is 26.8 Å². The summed E-state index contributed by atoms with van der Waals surface area (Å²) in [5, 5.41) is 9.53. The maximum Gasteiger partial charge on any atom is 0.0741 e. The molecule has 0 aromatic carbocycles. The number of alkyl halides is 3. The molecular formula is C15H21BrCl2O. The van der Waals surface area contributed by atoms with Gasteiger partial charge in [0.05, 0.1) is 11.5 Å². The van der Waals surface area contributed by atoms with Crippen molar-refractivity contribution >= 4 is 39.1 Å². The Morgan fingerprint density at radius 1 is 1.16 bits per heavy atom. The molecule has 0 aliphatic carbocycles. The van der Waals surface area contributed by atoms with E-state index in [0.29, 0.717) is 17.7 Å². The highest BCUT2D eigenvalue weighted by molar-refractivity contribution is 9.09. The molecule has 0 radical (unpaired) electrons. The van der Waals surface area contributed by atoms with Crippen molar-refractivity contribution in [2.24, 2.45) is 0 Å². The van der Waals surface area contributed by atoms with E-state index in [-0.39, 0.29) is 10.8 Å². The topological polar surface area (TPSA) is 20.2 Å². The Hall–Kier alpha value is 0.0600. The van der Waals surface area contributed by atoms with Gasteiger partial charge < -0.3 is 5.11 Å². The van der Waals surface area contributed by atoms with Gasteiger partial charge in [0, 0.05) is 10.2 Å². The summed E-state index contributed by atoms with van der Waals surface area (Å²) in [4.78, 5) is 0.324. The minimum atomic E-state index is -0.581. The number of allylic oxidation sites excluding steroid dienone is 3. The predicted octanol–water partition coefficient (Wildman–Crippen LogP) is 4.65. The minimum absolute atomic E-state index is 0.0820. The summed E-state index contributed by atoms with van der Waals surface area (Å²) in [6.07, 6.45) is 14.7. The molecule has 0 saturated carbocycles. The van der Waals surface area contributed by atoms with Crippen LogP contribution in [0.1, 0.15) is 32.6 Å². The lowest BCUT2D eigenvalue weighted by Crippen LogP contribution is -2.19. The van der Waals surface area contributed by atoms with Gasteiger partial charge in [0.15, 0.2) is 0 Å². The molecular weight excluding hydrogens is 347 g/mol. The van der Waals surface area contributed by atoms with Crippen LogP contribution in [0.15, 0.2) is 24.3 Å². The highest BCUT2D eigenvalue weighted by atomic mass is 79.9. The zero-order chi connectivity index (χ0) is 14.7. The number of terminal acetylenes is 1. The number of hydrogen-bond donors (Lipinski definition) is 1. The standard InChI is InChI=1S/C15H21BrCl2O/c1-3-5-6-11-15(19)14(18)10-8-7-9-13(17)12(16)4-2/h1,5-8,12-15,19H,4,9-11H2,2H3/b6-5+,8-7-/t12-,13-,14+,15+/m0/s1. The number of aliphatic hydroxyl groups is 1. The third-order valence-corrected chi connectivity index (χ3v) is 5.22. The Kier molecular flexibility index (Phi) is 11.9. The van der Waals surface area contributed by atoms with Gasteiger partial charge in [0.25, 0.3) is 0 Å². The molecule has 0 aliphatic heterocycles. The van der Waals surface area contributed by atoms with E-state index in [4.69, 9.17) is 29.6 Å². The summed E-state index contributed by atoms with van der Waals surface area (Å²) in [5.41, 5.74) is 0. The van der Waals surface area contributed by atoms with Gasteiger partial charge in [-0.05, 0) is 31.8 Å². The second-order valence-corrected chi connectivity index (χ2v) is 6.57. The van der Waals surface area contributed by atoms with E-state index in [1.165, 1.54) is 0 Å². The average molecular weight is 368 g/mol. The fourth-order valence-electron chi connectivity index (χ4n) is 1.44. The monoisotopic (exact) mass is 366 g/mol. The summed E-state index contributed by atoms with van der Waals surface area (Å²) < 4.78 is 0. The van der Waals surface area contributed by atoms with Gasteiger partial charge >= 0.3 is 0 Å². The van der Waals surface area contributed by atoms with Crippen molar-refractivity contribution in [2.45, 2.75) is 54.3 Å². The van der Waals surface area contributed by atoms with Gasteiger partial charge in [0.1, 0.15) is 0 Å². The summed E-state index contributed by atoms with van der Waals surface area (Å²) in [7, 11) is 0. The van der Waals surface area contributed by atoms with Crippen molar-refractivity contribution in [3.05, 3.63) is 24.3 Å². The van der Waals surface area contributed by atoms with Gasteiger partial charge in [-0.25, -0.2) is 0 Å². The molecule has 0 saturated heterocycles. The van der Waals surface area contributed by atoms with E-state index < -0.39 is 6.10 Å². The minimum Gasteiger partial charge on any atom is -0.391 e. The molecule has 0 aromatic heterocycles. The van der Waals surface area contributed by atoms with Gasteiger partial charge in [-0.15, -0.1) is 29.6 Å². The van der Waals surface area contributed by atoms with E-state index in [9.17, 15) is 5.11 Å². The number of hydrogen-bond acceptors (Lipinski definition) is 1. The van der Waals surface area contributed by atoms with Crippen LogP contribution in [0, 0.1) is 12.3 Å². The summed E-state index contributed by atoms with van der Waals surface area (Å²) in [6, 6.07) is 0. The first-order valence-electron chi connectivity index (χ1n) is 6.39. The Morgan fingerprint density at radius 2 is 1.74 bits per heavy atom. The van der Waals surface area contributed by atoms with Crippen LogP contribution in [0.4, 0.5) is 0 Å². The lowest BCUT2D eigenvalue weighted by Gasteiger charge is -2.14. The molecule has 0 unspecified atom stereocenters. The second-order valence-electron chi connectivity index (χ2n) is 4.27. The Balaban J connectivity index is 3.92. The lowest BCUT2D eigenvalue weighted by molar-refractivity contribution is 0.172. The zero-order valence-electron chi connectivity index (χ0n) is 11.1. The van der Waals surface area contributed by atoms with E-state index in [0.717, 1.165) is 12.8 Å². The van der Waals surface area contributed by atoms with Crippen LogP contribution in [0.3, 0.4) is 0 Å². The molecule has 0 rings (SSSR count). The fraction of sp³-hybridized carbons (Fsp3) is 0.600. The molecule has 0 aliphatic rings. The van der Waals surface area contributed by atoms with Crippen molar-refractivity contribution in [3.63, 3.8) is 0 Å². The molecule has 1 N–H and O–H groups in total. The third kappa shape index (κ3) is 9.57. The number of halogens is 3. The van der Waals surface area contributed by atoms with Gasteiger partial charge in [0.2, 0.25) is 0 Å². The molecule has 0 spiro atoms. The lowest BCUT2D eigenvalue weighted by atomic mass is 10.1. The van der Waals surface area contributed by atoms with Crippen LogP contribution in [0.2, 0.25) is 0 Å². The Bertz CT molecular complexity index is 323. The van der Waals surface area contributed by atoms with Crippen molar-refractivity contribution in [1.82, 2.24) is 0 Å². The van der Waals surface area contributed by atoms with Crippen LogP contribution in [0.5, 0.6) is 0 Å².